The van der Waals surface area contributed by atoms with Gasteiger partial charge in [0.2, 0.25) is 0 Å². The third-order valence-electron chi connectivity index (χ3n) is 3.57. The van der Waals surface area contributed by atoms with Gasteiger partial charge in [0.15, 0.2) is 0 Å². The molecule has 1 saturated heterocycles. The molecule has 0 aromatic carbocycles. The Morgan fingerprint density at radius 3 is 2.15 bits per heavy atom. The smallest absolute Gasteiger partial charge is 0.140 e. The van der Waals surface area contributed by atoms with E-state index >= 15 is 0 Å². The van der Waals surface area contributed by atoms with E-state index in [0.29, 0.717) is 0 Å². The van der Waals surface area contributed by atoms with Gasteiger partial charge in [-0.25, -0.2) is 0 Å². The molecule has 2 rings (SSSR count). The normalized spacial score (nSPS) is 29.6. The fraction of sp³-hybridized carbons (Fsp3) is 0.900. The van der Waals surface area contributed by atoms with E-state index in [1.807, 2.05) is 0 Å². The summed E-state index contributed by atoms with van der Waals surface area (Å²) in [7, 11) is 2.14. The first-order chi connectivity index (χ1) is 6.27. The lowest BCUT2D eigenvalue weighted by Crippen LogP contribution is -2.60. The summed E-state index contributed by atoms with van der Waals surface area (Å²) in [5, 5.41) is 0. The van der Waals surface area contributed by atoms with E-state index in [0.717, 1.165) is 39.0 Å². The second-order valence-corrected chi connectivity index (χ2v) is 4.37. The molecule has 2 aliphatic rings. The van der Waals surface area contributed by atoms with Gasteiger partial charge in [0, 0.05) is 26.2 Å². The Kier molecular flexibility index (Phi) is 2.39. The van der Waals surface area contributed by atoms with Gasteiger partial charge in [-0.1, -0.05) is 0 Å². The van der Waals surface area contributed by atoms with Crippen molar-refractivity contribution in [3.8, 4) is 0 Å². The molecule has 13 heavy (non-hydrogen) atoms. The average Bonchev–Trinajstić information content (AvgIpc) is 2.07. The van der Waals surface area contributed by atoms with Crippen molar-refractivity contribution in [3.63, 3.8) is 0 Å². The van der Waals surface area contributed by atoms with Crippen LogP contribution < -0.4 is 0 Å². The van der Waals surface area contributed by atoms with Gasteiger partial charge in [-0.05, 0) is 26.3 Å². The van der Waals surface area contributed by atoms with Gasteiger partial charge in [0.05, 0.1) is 5.54 Å². The SMILES string of the molecule is CN1CCN(C2(C=O)CCC2)CC1. The second-order valence-electron chi connectivity index (χ2n) is 4.37. The molecule has 0 amide bonds. The van der Waals surface area contributed by atoms with Crippen molar-refractivity contribution in [2.45, 2.75) is 24.8 Å². The average molecular weight is 182 g/mol. The quantitative estimate of drug-likeness (QED) is 0.576. The fourth-order valence-electron chi connectivity index (χ4n) is 2.30. The monoisotopic (exact) mass is 182 g/mol. The van der Waals surface area contributed by atoms with E-state index in [2.05, 4.69) is 16.8 Å². The minimum Gasteiger partial charge on any atom is -0.304 e. The van der Waals surface area contributed by atoms with Crippen LogP contribution in [-0.4, -0.2) is 54.9 Å². The van der Waals surface area contributed by atoms with Crippen molar-refractivity contribution < 1.29 is 4.79 Å². The molecule has 0 spiro atoms. The number of likely N-dealkylation sites (N-methyl/N-ethyl adjacent to an activating group) is 1. The first kappa shape index (κ1) is 9.16. The summed E-state index contributed by atoms with van der Waals surface area (Å²) in [4.78, 5) is 15.7. The first-order valence-corrected chi connectivity index (χ1v) is 5.17. The molecule has 0 aromatic rings. The maximum atomic E-state index is 11.0. The lowest BCUT2D eigenvalue weighted by atomic mass is 9.76. The molecule has 0 radical (unpaired) electrons. The molecule has 0 N–H and O–H groups in total. The number of rotatable bonds is 2. The number of aldehydes is 1. The molecule has 3 nitrogen and oxygen atoms in total. The number of hydrogen-bond acceptors (Lipinski definition) is 3. The second kappa shape index (κ2) is 3.39. The predicted octanol–water partition coefficient (Wildman–Crippen LogP) is 0.355. The molecule has 1 heterocycles. The van der Waals surface area contributed by atoms with E-state index in [9.17, 15) is 4.79 Å². The molecule has 3 heteroatoms. The molecule has 1 saturated carbocycles. The van der Waals surface area contributed by atoms with Gasteiger partial charge >= 0.3 is 0 Å². The topological polar surface area (TPSA) is 23.6 Å². The van der Waals surface area contributed by atoms with Crippen molar-refractivity contribution >= 4 is 6.29 Å². The fourth-order valence-corrected chi connectivity index (χ4v) is 2.30. The highest BCUT2D eigenvalue weighted by molar-refractivity contribution is 5.66. The summed E-state index contributed by atoms with van der Waals surface area (Å²) in [5.41, 5.74) is -0.0543. The highest BCUT2D eigenvalue weighted by Gasteiger charge is 2.42. The van der Waals surface area contributed by atoms with Crippen LogP contribution in [0.5, 0.6) is 0 Å². The minimum absolute atomic E-state index is 0.0543. The number of piperazine rings is 1. The Morgan fingerprint density at radius 1 is 1.15 bits per heavy atom. The van der Waals surface area contributed by atoms with Gasteiger partial charge in [0.25, 0.3) is 0 Å². The Bertz CT molecular complexity index is 193. The molecule has 1 aliphatic carbocycles. The highest BCUT2D eigenvalue weighted by atomic mass is 16.1. The third kappa shape index (κ3) is 1.51. The maximum absolute atomic E-state index is 11.0. The Balaban J connectivity index is 1.96. The predicted molar refractivity (Wildman–Crippen MR) is 51.7 cm³/mol. The van der Waals surface area contributed by atoms with Crippen molar-refractivity contribution in [3.05, 3.63) is 0 Å². The molecular formula is C10H18N2O. The molecule has 0 bridgehead atoms. The van der Waals surface area contributed by atoms with Crippen LogP contribution in [-0.2, 0) is 4.79 Å². The number of carbonyl (C=O) groups is 1. The van der Waals surface area contributed by atoms with E-state index in [1.165, 1.54) is 12.7 Å². The van der Waals surface area contributed by atoms with E-state index in [-0.39, 0.29) is 5.54 Å². The van der Waals surface area contributed by atoms with Gasteiger partial charge in [0.1, 0.15) is 6.29 Å². The van der Waals surface area contributed by atoms with Crippen LogP contribution in [0, 0.1) is 0 Å². The largest absolute Gasteiger partial charge is 0.304 e. The van der Waals surface area contributed by atoms with Crippen LogP contribution in [0.15, 0.2) is 0 Å². The summed E-state index contributed by atoms with van der Waals surface area (Å²) in [6, 6.07) is 0. The molecule has 0 unspecified atom stereocenters. The van der Waals surface area contributed by atoms with E-state index in [4.69, 9.17) is 0 Å². The molecule has 0 aromatic heterocycles. The van der Waals surface area contributed by atoms with E-state index < -0.39 is 0 Å². The highest BCUT2D eigenvalue weighted by Crippen LogP contribution is 2.36. The van der Waals surface area contributed by atoms with Gasteiger partial charge < -0.3 is 9.69 Å². The third-order valence-corrected chi connectivity index (χ3v) is 3.57. The van der Waals surface area contributed by atoms with Crippen molar-refractivity contribution in [2.75, 3.05) is 33.2 Å². The standard InChI is InChI=1S/C10H18N2O/c1-11-5-7-12(8-6-11)10(9-13)3-2-4-10/h9H,2-8H2,1H3. The molecular weight excluding hydrogens is 164 g/mol. The molecule has 2 fully saturated rings. The molecule has 0 atom stereocenters. The van der Waals surface area contributed by atoms with Gasteiger partial charge in [-0.15, -0.1) is 0 Å². The van der Waals surface area contributed by atoms with Gasteiger partial charge in [-0.2, -0.15) is 0 Å². The van der Waals surface area contributed by atoms with Gasteiger partial charge in [-0.3, -0.25) is 4.90 Å². The lowest BCUT2D eigenvalue weighted by molar-refractivity contribution is -0.126. The van der Waals surface area contributed by atoms with Crippen molar-refractivity contribution in [1.82, 2.24) is 9.80 Å². The molecule has 1 aliphatic heterocycles. The Labute approximate surface area is 79.7 Å². The summed E-state index contributed by atoms with van der Waals surface area (Å²) in [6.07, 6.45) is 4.58. The number of hydrogen-bond donors (Lipinski definition) is 0. The van der Waals surface area contributed by atoms with Crippen LogP contribution in [0.4, 0.5) is 0 Å². The van der Waals surface area contributed by atoms with Crippen molar-refractivity contribution in [1.29, 1.82) is 0 Å². The van der Waals surface area contributed by atoms with Crippen LogP contribution in [0.25, 0.3) is 0 Å². The summed E-state index contributed by atoms with van der Waals surface area (Å²) >= 11 is 0. The Hall–Kier alpha value is -0.410. The number of nitrogens with zero attached hydrogens (tertiary/aromatic N) is 2. The van der Waals surface area contributed by atoms with Crippen molar-refractivity contribution in [2.24, 2.45) is 0 Å². The lowest BCUT2D eigenvalue weighted by Gasteiger charge is -2.49. The first-order valence-electron chi connectivity index (χ1n) is 5.17. The van der Waals surface area contributed by atoms with E-state index in [1.54, 1.807) is 0 Å². The van der Waals surface area contributed by atoms with Crippen LogP contribution in [0.3, 0.4) is 0 Å². The maximum Gasteiger partial charge on any atom is 0.140 e. The zero-order valence-electron chi connectivity index (χ0n) is 8.33. The Morgan fingerprint density at radius 2 is 1.77 bits per heavy atom. The zero-order valence-corrected chi connectivity index (χ0v) is 8.33. The minimum atomic E-state index is -0.0543. The van der Waals surface area contributed by atoms with Crippen LogP contribution in [0.2, 0.25) is 0 Å². The van der Waals surface area contributed by atoms with Crippen LogP contribution >= 0.6 is 0 Å². The van der Waals surface area contributed by atoms with Crippen LogP contribution in [0.1, 0.15) is 19.3 Å². The summed E-state index contributed by atoms with van der Waals surface area (Å²) in [5.74, 6) is 0. The zero-order chi connectivity index (χ0) is 9.31. The summed E-state index contributed by atoms with van der Waals surface area (Å²) < 4.78 is 0. The molecule has 74 valence electrons. The summed E-state index contributed by atoms with van der Waals surface area (Å²) in [6.45, 7) is 4.34. The number of carbonyl (C=O) groups excluding carboxylic acids is 1.